The normalized spacial score (nSPS) is 15.5. The van der Waals surface area contributed by atoms with Gasteiger partial charge >= 0.3 is 0 Å². The van der Waals surface area contributed by atoms with Crippen molar-refractivity contribution in [1.29, 1.82) is 0 Å². The van der Waals surface area contributed by atoms with Crippen LogP contribution < -0.4 is 11.1 Å². The van der Waals surface area contributed by atoms with Gasteiger partial charge in [0, 0.05) is 14.2 Å². The molecule has 0 radical (unpaired) electrons. The van der Waals surface area contributed by atoms with Gasteiger partial charge in [-0.2, -0.15) is 0 Å². The lowest BCUT2D eigenvalue weighted by Crippen LogP contribution is -2.48. The molecule has 0 aromatic carbocycles. The number of carbonyl (C=O) groups is 1. The summed E-state index contributed by atoms with van der Waals surface area (Å²) in [6.45, 7) is 3.41. The first-order valence-corrected chi connectivity index (χ1v) is 4.14. The highest BCUT2D eigenvalue weighted by molar-refractivity contribution is 5.81. The average Bonchev–Trinajstić information content (AvgIpc) is 2.06. The second kappa shape index (κ2) is 5.90. The Hall–Kier alpha value is -0.650. The topological polar surface area (TPSA) is 73.6 Å². The number of nitrogens with one attached hydrogen (secondary N) is 1. The molecule has 0 bridgehead atoms. The third-order valence-corrected chi connectivity index (χ3v) is 1.66. The van der Waals surface area contributed by atoms with Gasteiger partial charge in [-0.15, -0.1) is 0 Å². The summed E-state index contributed by atoms with van der Waals surface area (Å²) in [4.78, 5) is 11.1. The molecule has 0 spiro atoms. The lowest BCUT2D eigenvalue weighted by Gasteiger charge is -2.22. The summed E-state index contributed by atoms with van der Waals surface area (Å²) in [7, 11) is 3.03. The highest BCUT2D eigenvalue weighted by Gasteiger charge is 2.19. The lowest BCUT2D eigenvalue weighted by molar-refractivity contribution is -0.136. The molecule has 0 rings (SSSR count). The van der Waals surface area contributed by atoms with E-state index in [-0.39, 0.29) is 11.9 Å². The van der Waals surface area contributed by atoms with E-state index in [0.29, 0.717) is 0 Å². The predicted octanol–water partition coefficient (Wildman–Crippen LogP) is -0.543. The lowest BCUT2D eigenvalue weighted by atomic mass is 10.2. The molecule has 78 valence electrons. The molecule has 0 heterocycles. The van der Waals surface area contributed by atoms with Crippen molar-refractivity contribution in [2.75, 3.05) is 14.2 Å². The van der Waals surface area contributed by atoms with Crippen LogP contribution in [0.2, 0.25) is 0 Å². The van der Waals surface area contributed by atoms with E-state index in [1.165, 1.54) is 14.2 Å². The molecule has 2 atom stereocenters. The maximum absolute atomic E-state index is 11.1. The summed E-state index contributed by atoms with van der Waals surface area (Å²) in [5.74, 6) is -0.216. The molecule has 0 fully saturated rings. The molecule has 2 unspecified atom stereocenters. The van der Waals surface area contributed by atoms with Crippen LogP contribution in [0.5, 0.6) is 0 Å². The summed E-state index contributed by atoms with van der Waals surface area (Å²) in [6.07, 6.45) is -0.442. The largest absolute Gasteiger partial charge is 0.354 e. The van der Waals surface area contributed by atoms with Crippen LogP contribution in [0.4, 0.5) is 0 Å². The van der Waals surface area contributed by atoms with E-state index in [9.17, 15) is 4.79 Å². The number of rotatable bonds is 5. The van der Waals surface area contributed by atoms with Gasteiger partial charge in [0.25, 0.3) is 0 Å². The van der Waals surface area contributed by atoms with Crippen LogP contribution in [0.1, 0.15) is 13.8 Å². The first-order chi connectivity index (χ1) is 6.02. The van der Waals surface area contributed by atoms with Gasteiger partial charge in [-0.05, 0) is 13.8 Å². The Balaban J connectivity index is 3.97. The Morgan fingerprint density at radius 1 is 1.31 bits per heavy atom. The van der Waals surface area contributed by atoms with Gasteiger partial charge in [0.05, 0.1) is 12.1 Å². The van der Waals surface area contributed by atoms with Crippen molar-refractivity contribution >= 4 is 5.91 Å². The fourth-order valence-electron chi connectivity index (χ4n) is 0.928. The molecule has 0 aromatic heterocycles. The summed E-state index contributed by atoms with van der Waals surface area (Å²) in [6, 6.07) is -0.731. The van der Waals surface area contributed by atoms with E-state index in [1.54, 1.807) is 13.8 Å². The smallest absolute Gasteiger partial charge is 0.237 e. The first-order valence-electron chi connectivity index (χ1n) is 4.14. The molecule has 5 heteroatoms. The Kier molecular flexibility index (Phi) is 5.61. The molecule has 0 aliphatic carbocycles. The van der Waals surface area contributed by atoms with E-state index in [4.69, 9.17) is 15.2 Å². The third-order valence-electron chi connectivity index (χ3n) is 1.66. The maximum atomic E-state index is 11.1. The number of ether oxygens (including phenoxy) is 2. The molecule has 0 aliphatic rings. The van der Waals surface area contributed by atoms with E-state index in [1.807, 2.05) is 0 Å². The molecule has 1 amide bonds. The molecule has 3 N–H and O–H groups in total. The zero-order valence-corrected chi connectivity index (χ0v) is 8.53. The van der Waals surface area contributed by atoms with E-state index in [2.05, 4.69) is 5.32 Å². The van der Waals surface area contributed by atoms with Crippen molar-refractivity contribution < 1.29 is 14.3 Å². The summed E-state index contributed by atoms with van der Waals surface area (Å²) in [5.41, 5.74) is 5.37. The number of methoxy groups -OCH3 is 2. The minimum absolute atomic E-state index is 0.214. The fraction of sp³-hybridized carbons (Fsp3) is 0.875. The van der Waals surface area contributed by atoms with Crippen LogP contribution in [0.15, 0.2) is 0 Å². The van der Waals surface area contributed by atoms with E-state index in [0.717, 1.165) is 0 Å². The van der Waals surface area contributed by atoms with Crippen LogP contribution in [-0.2, 0) is 14.3 Å². The molecule has 0 saturated carbocycles. The second-order valence-corrected chi connectivity index (χ2v) is 2.93. The first kappa shape index (κ1) is 12.3. The average molecular weight is 190 g/mol. The third kappa shape index (κ3) is 4.21. The van der Waals surface area contributed by atoms with Crippen LogP contribution in [0.25, 0.3) is 0 Å². The Labute approximate surface area is 78.6 Å². The number of hydrogen-bond donors (Lipinski definition) is 2. The van der Waals surface area contributed by atoms with Gasteiger partial charge in [0.2, 0.25) is 5.91 Å². The Morgan fingerprint density at radius 3 is 2.08 bits per heavy atom. The van der Waals surface area contributed by atoms with Crippen LogP contribution in [0, 0.1) is 0 Å². The second-order valence-electron chi connectivity index (χ2n) is 2.93. The number of carbonyl (C=O) groups excluding carboxylic acids is 1. The van der Waals surface area contributed by atoms with Gasteiger partial charge in [-0.1, -0.05) is 0 Å². The van der Waals surface area contributed by atoms with Crippen molar-refractivity contribution in [1.82, 2.24) is 5.32 Å². The SMILES string of the molecule is COC(OC)C(C)NC(=O)C(C)N. The minimum Gasteiger partial charge on any atom is -0.354 e. The van der Waals surface area contributed by atoms with E-state index < -0.39 is 12.3 Å². The molecule has 5 nitrogen and oxygen atoms in total. The summed E-state index contributed by atoms with van der Waals surface area (Å²) >= 11 is 0. The predicted molar refractivity (Wildman–Crippen MR) is 49.1 cm³/mol. The molecule has 13 heavy (non-hydrogen) atoms. The van der Waals surface area contributed by atoms with Crippen LogP contribution >= 0.6 is 0 Å². The molecule has 0 aromatic rings. The molecular weight excluding hydrogens is 172 g/mol. The standard InChI is InChI=1S/C8H18N2O3/c1-5(9)7(11)10-6(2)8(12-3)13-4/h5-6,8H,9H2,1-4H3,(H,10,11). The molecular formula is C8H18N2O3. The van der Waals surface area contributed by atoms with Gasteiger partial charge in [-0.3, -0.25) is 4.79 Å². The quantitative estimate of drug-likeness (QED) is 0.571. The highest BCUT2D eigenvalue weighted by atomic mass is 16.7. The summed E-state index contributed by atoms with van der Waals surface area (Å²) in [5, 5.41) is 2.67. The Morgan fingerprint density at radius 2 is 1.77 bits per heavy atom. The van der Waals surface area contributed by atoms with Crippen LogP contribution in [-0.4, -0.2) is 38.5 Å². The van der Waals surface area contributed by atoms with Crippen LogP contribution in [0.3, 0.4) is 0 Å². The van der Waals surface area contributed by atoms with Crippen molar-refractivity contribution in [3.05, 3.63) is 0 Å². The number of nitrogens with two attached hydrogens (primary N) is 1. The van der Waals surface area contributed by atoms with Crippen molar-refractivity contribution in [3.63, 3.8) is 0 Å². The number of hydrogen-bond acceptors (Lipinski definition) is 4. The zero-order chi connectivity index (χ0) is 10.4. The zero-order valence-electron chi connectivity index (χ0n) is 8.53. The fourth-order valence-corrected chi connectivity index (χ4v) is 0.928. The van der Waals surface area contributed by atoms with Gasteiger partial charge in [-0.25, -0.2) is 0 Å². The van der Waals surface area contributed by atoms with Gasteiger partial charge in [0.15, 0.2) is 6.29 Å². The highest BCUT2D eigenvalue weighted by Crippen LogP contribution is 1.98. The Bertz CT molecular complexity index is 157. The van der Waals surface area contributed by atoms with Gasteiger partial charge < -0.3 is 20.5 Å². The van der Waals surface area contributed by atoms with E-state index >= 15 is 0 Å². The number of amides is 1. The molecule has 0 saturated heterocycles. The van der Waals surface area contributed by atoms with Gasteiger partial charge in [0.1, 0.15) is 0 Å². The molecule has 0 aliphatic heterocycles. The monoisotopic (exact) mass is 190 g/mol. The maximum Gasteiger partial charge on any atom is 0.237 e. The summed E-state index contributed by atoms with van der Waals surface area (Å²) < 4.78 is 9.93. The van der Waals surface area contributed by atoms with Crippen molar-refractivity contribution in [3.8, 4) is 0 Å². The van der Waals surface area contributed by atoms with Crippen molar-refractivity contribution in [2.24, 2.45) is 5.73 Å². The minimum atomic E-state index is -0.517. The van der Waals surface area contributed by atoms with Crippen molar-refractivity contribution in [2.45, 2.75) is 32.2 Å².